The minimum Gasteiger partial charge on any atom is -0.396 e. The molecule has 0 aromatic carbocycles. The van der Waals surface area contributed by atoms with Gasteiger partial charge in [0.25, 0.3) is 0 Å². The highest BCUT2D eigenvalue weighted by Gasteiger charge is 2.29. The van der Waals surface area contributed by atoms with Gasteiger partial charge in [-0.3, -0.25) is 0 Å². The molecule has 0 fully saturated rings. The van der Waals surface area contributed by atoms with Gasteiger partial charge in [0.15, 0.2) is 0 Å². The molecule has 0 unspecified atom stereocenters. The van der Waals surface area contributed by atoms with Crippen LogP contribution in [0.4, 0.5) is 0 Å². The second kappa shape index (κ2) is 5.75. The highest BCUT2D eigenvalue weighted by Crippen LogP contribution is 2.30. The van der Waals surface area contributed by atoms with Gasteiger partial charge in [0.2, 0.25) is 0 Å². The first-order chi connectivity index (χ1) is 7.56. The van der Waals surface area contributed by atoms with Crippen LogP contribution < -0.4 is 0 Å². The molecule has 1 aromatic rings. The first-order valence-electron chi connectivity index (χ1n) is 5.71. The van der Waals surface area contributed by atoms with Crippen LogP contribution in [0.15, 0.2) is 0 Å². The van der Waals surface area contributed by atoms with Crippen LogP contribution in [0.1, 0.15) is 35.3 Å². The van der Waals surface area contributed by atoms with Crippen molar-refractivity contribution < 1.29 is 10.2 Å². The number of thiazole rings is 1. The number of aliphatic hydroxyl groups is 2. The minimum absolute atomic E-state index is 0.0228. The molecule has 0 amide bonds. The van der Waals surface area contributed by atoms with Crippen molar-refractivity contribution in [1.29, 1.82) is 0 Å². The Bertz CT molecular complexity index is 312. The highest BCUT2D eigenvalue weighted by atomic mass is 32.1. The minimum atomic E-state index is -0.397. The van der Waals surface area contributed by atoms with Crippen LogP contribution >= 0.6 is 11.3 Å². The third-order valence-electron chi connectivity index (χ3n) is 3.05. The van der Waals surface area contributed by atoms with Crippen LogP contribution in [0.25, 0.3) is 0 Å². The average Bonchev–Trinajstić information content (AvgIpc) is 2.57. The number of aliphatic hydroxyl groups excluding tert-OH is 2. The third-order valence-corrected chi connectivity index (χ3v) is 4.12. The number of hydrogen-bond donors (Lipinski definition) is 2. The van der Waals surface area contributed by atoms with Crippen molar-refractivity contribution in [3.8, 4) is 0 Å². The van der Waals surface area contributed by atoms with E-state index in [9.17, 15) is 10.2 Å². The Morgan fingerprint density at radius 3 is 2.25 bits per heavy atom. The van der Waals surface area contributed by atoms with E-state index < -0.39 is 5.41 Å². The molecular formula is C12H21NO2S. The summed E-state index contributed by atoms with van der Waals surface area (Å²) in [6.45, 7) is 6.16. The van der Waals surface area contributed by atoms with Crippen molar-refractivity contribution in [2.75, 3.05) is 13.2 Å². The second-order valence-electron chi connectivity index (χ2n) is 4.49. The summed E-state index contributed by atoms with van der Waals surface area (Å²) in [6.07, 6.45) is 2.47. The molecule has 0 saturated carbocycles. The topological polar surface area (TPSA) is 53.4 Å². The van der Waals surface area contributed by atoms with Crippen molar-refractivity contribution >= 4 is 11.3 Å². The lowest BCUT2D eigenvalue weighted by Crippen LogP contribution is -2.32. The van der Waals surface area contributed by atoms with E-state index in [2.05, 4.69) is 18.8 Å². The van der Waals surface area contributed by atoms with Crippen LogP contribution in [-0.4, -0.2) is 28.4 Å². The summed E-state index contributed by atoms with van der Waals surface area (Å²) in [5.41, 5.74) is 0.659. The van der Waals surface area contributed by atoms with Crippen molar-refractivity contribution in [1.82, 2.24) is 4.98 Å². The molecule has 1 rings (SSSR count). The van der Waals surface area contributed by atoms with E-state index in [0.717, 1.165) is 23.5 Å². The standard InChI is InChI=1S/C12H21NO2S/c1-4-5-12(7-14,8-15)6-11-13-9(2)10(3)16-11/h14-15H,4-8H2,1-3H3. The lowest BCUT2D eigenvalue weighted by atomic mass is 9.82. The molecule has 2 N–H and O–H groups in total. The number of nitrogens with zero attached hydrogens (tertiary/aromatic N) is 1. The van der Waals surface area contributed by atoms with Gasteiger partial charge >= 0.3 is 0 Å². The number of aryl methyl sites for hydroxylation is 2. The Kier molecular flexibility index (Phi) is 4.89. The number of aromatic nitrogens is 1. The third kappa shape index (κ3) is 3.03. The Labute approximate surface area is 101 Å². The summed E-state index contributed by atoms with van der Waals surface area (Å²) >= 11 is 1.66. The molecule has 0 aliphatic heterocycles. The summed E-state index contributed by atoms with van der Waals surface area (Å²) in [5, 5.41) is 19.9. The molecular weight excluding hydrogens is 222 g/mol. The summed E-state index contributed by atoms with van der Waals surface area (Å²) < 4.78 is 0. The van der Waals surface area contributed by atoms with Crippen molar-refractivity contribution in [2.24, 2.45) is 5.41 Å². The van der Waals surface area contributed by atoms with Gasteiger partial charge in [-0.2, -0.15) is 0 Å². The van der Waals surface area contributed by atoms with E-state index in [1.807, 2.05) is 6.92 Å². The number of hydrogen-bond acceptors (Lipinski definition) is 4. The van der Waals surface area contributed by atoms with Gasteiger partial charge in [-0.05, 0) is 20.3 Å². The molecule has 3 nitrogen and oxygen atoms in total. The van der Waals surface area contributed by atoms with E-state index in [0.29, 0.717) is 6.42 Å². The Hall–Kier alpha value is -0.450. The zero-order chi connectivity index (χ0) is 12.2. The maximum atomic E-state index is 9.46. The maximum Gasteiger partial charge on any atom is 0.0938 e. The Morgan fingerprint density at radius 2 is 1.88 bits per heavy atom. The van der Waals surface area contributed by atoms with E-state index in [1.165, 1.54) is 4.88 Å². The molecule has 92 valence electrons. The summed E-state index contributed by atoms with van der Waals surface area (Å²) in [5.74, 6) is 0. The molecule has 0 bridgehead atoms. The van der Waals surface area contributed by atoms with Crippen LogP contribution in [-0.2, 0) is 6.42 Å². The van der Waals surface area contributed by atoms with Gasteiger partial charge in [0, 0.05) is 16.7 Å². The maximum absolute atomic E-state index is 9.46. The summed E-state index contributed by atoms with van der Waals surface area (Å²) in [4.78, 5) is 5.69. The largest absolute Gasteiger partial charge is 0.396 e. The SMILES string of the molecule is CCCC(CO)(CO)Cc1nc(C)c(C)s1. The quantitative estimate of drug-likeness (QED) is 0.804. The molecule has 0 spiro atoms. The fraction of sp³-hybridized carbons (Fsp3) is 0.750. The first-order valence-corrected chi connectivity index (χ1v) is 6.53. The molecule has 0 aliphatic rings. The predicted molar refractivity (Wildman–Crippen MR) is 66.8 cm³/mol. The van der Waals surface area contributed by atoms with E-state index in [-0.39, 0.29) is 13.2 Å². The van der Waals surface area contributed by atoms with Gasteiger partial charge in [0.05, 0.1) is 23.9 Å². The van der Waals surface area contributed by atoms with Crippen LogP contribution in [0.5, 0.6) is 0 Å². The lowest BCUT2D eigenvalue weighted by Gasteiger charge is -2.28. The van der Waals surface area contributed by atoms with Crippen molar-refractivity contribution in [2.45, 2.75) is 40.0 Å². The Balaban J connectivity index is 2.82. The fourth-order valence-corrected chi connectivity index (χ4v) is 2.98. The molecule has 0 saturated heterocycles. The van der Waals surface area contributed by atoms with E-state index in [1.54, 1.807) is 11.3 Å². The second-order valence-corrected chi connectivity index (χ2v) is 5.78. The van der Waals surface area contributed by atoms with E-state index >= 15 is 0 Å². The molecule has 0 atom stereocenters. The monoisotopic (exact) mass is 243 g/mol. The molecule has 16 heavy (non-hydrogen) atoms. The average molecular weight is 243 g/mol. The van der Waals surface area contributed by atoms with Gasteiger partial charge in [-0.1, -0.05) is 13.3 Å². The zero-order valence-electron chi connectivity index (χ0n) is 10.3. The van der Waals surface area contributed by atoms with Gasteiger partial charge in [0.1, 0.15) is 0 Å². The van der Waals surface area contributed by atoms with E-state index in [4.69, 9.17) is 0 Å². The lowest BCUT2D eigenvalue weighted by molar-refractivity contribution is 0.0465. The summed E-state index contributed by atoms with van der Waals surface area (Å²) in [7, 11) is 0. The molecule has 4 heteroatoms. The molecule has 0 radical (unpaired) electrons. The molecule has 0 aliphatic carbocycles. The van der Waals surface area contributed by atoms with Crippen molar-refractivity contribution in [3.63, 3.8) is 0 Å². The first kappa shape index (κ1) is 13.6. The Morgan fingerprint density at radius 1 is 1.25 bits per heavy atom. The zero-order valence-corrected chi connectivity index (χ0v) is 11.1. The van der Waals surface area contributed by atoms with Gasteiger partial charge < -0.3 is 10.2 Å². The smallest absolute Gasteiger partial charge is 0.0938 e. The van der Waals surface area contributed by atoms with Crippen LogP contribution in [0.2, 0.25) is 0 Å². The van der Waals surface area contributed by atoms with Crippen LogP contribution in [0, 0.1) is 19.3 Å². The number of rotatable bonds is 6. The van der Waals surface area contributed by atoms with Crippen LogP contribution in [0.3, 0.4) is 0 Å². The highest BCUT2D eigenvalue weighted by molar-refractivity contribution is 7.11. The normalized spacial score (nSPS) is 12.1. The van der Waals surface area contributed by atoms with Gasteiger partial charge in [-0.15, -0.1) is 11.3 Å². The summed E-state index contributed by atoms with van der Waals surface area (Å²) in [6, 6.07) is 0. The van der Waals surface area contributed by atoms with Crippen molar-refractivity contribution in [3.05, 3.63) is 15.6 Å². The van der Waals surface area contributed by atoms with Gasteiger partial charge in [-0.25, -0.2) is 4.98 Å². The fourth-order valence-electron chi connectivity index (χ4n) is 1.87. The molecule has 1 heterocycles. The molecule has 1 aromatic heterocycles. The predicted octanol–water partition coefficient (Wildman–Crippen LogP) is 2.07.